The van der Waals surface area contributed by atoms with Crippen molar-refractivity contribution in [2.75, 3.05) is 0 Å². The van der Waals surface area contributed by atoms with E-state index >= 15 is 0 Å². The van der Waals surface area contributed by atoms with Crippen LogP contribution in [0, 0.1) is 94.7 Å². The lowest BCUT2D eigenvalue weighted by Gasteiger charge is -2.20. The molecule has 0 heteroatoms. The second-order valence-corrected chi connectivity index (χ2v) is 47.4. The van der Waals surface area contributed by atoms with E-state index in [1.54, 1.807) is 0 Å². The second-order valence-electron chi connectivity index (χ2n) is 47.4. The van der Waals surface area contributed by atoms with E-state index in [2.05, 4.69) is 246 Å². The predicted molar refractivity (Wildman–Crippen MR) is 639 cm³/mol. The van der Waals surface area contributed by atoms with Gasteiger partial charge in [0.15, 0.2) is 0 Å². The van der Waals surface area contributed by atoms with E-state index in [9.17, 15) is 0 Å². The Hall–Kier alpha value is -0.520. The van der Waals surface area contributed by atoms with E-state index in [1.165, 1.54) is 533 Å². The van der Waals surface area contributed by atoms with Crippen LogP contribution in [-0.2, 0) is 0 Å². The minimum atomic E-state index is 0.823. The van der Waals surface area contributed by atoms with Crippen LogP contribution >= 0.6 is 0 Å². The zero-order valence-corrected chi connectivity index (χ0v) is 102. The van der Waals surface area contributed by atoms with Crippen LogP contribution in [0.25, 0.3) is 0 Å². The molecule has 0 heterocycles. The molecule has 822 valence electrons. The molecule has 0 nitrogen and oxygen atoms in total. The highest BCUT2D eigenvalue weighted by Crippen LogP contribution is 2.33. The van der Waals surface area contributed by atoms with Crippen LogP contribution in [0.2, 0.25) is 0 Å². The third-order valence-corrected chi connectivity index (χ3v) is 31.4. The van der Waals surface area contributed by atoms with Gasteiger partial charge in [-0.05, 0) is 133 Å². The van der Waals surface area contributed by atoms with Gasteiger partial charge < -0.3 is 0 Å². The molecule has 0 N–H and O–H groups in total. The Kier molecular flexibility index (Phi) is 144. The molecular formula is C135H282. The summed E-state index contributed by atoms with van der Waals surface area (Å²) in [7, 11) is 0. The summed E-state index contributed by atoms with van der Waals surface area (Å²) in [5.41, 5.74) is 0. The molecule has 0 fully saturated rings. The highest BCUT2D eigenvalue weighted by Gasteiger charge is 2.20. The highest BCUT2D eigenvalue weighted by atomic mass is 14.3. The maximum atomic E-state index is 2.43. The number of hydrogen-bond acceptors (Lipinski definition) is 0. The van der Waals surface area contributed by atoms with Gasteiger partial charge in [0.2, 0.25) is 0 Å². The van der Waals surface area contributed by atoms with Crippen LogP contribution < -0.4 is 0 Å². The molecule has 0 amide bonds. The summed E-state index contributed by atoms with van der Waals surface area (Å²) >= 11 is 0. The first-order chi connectivity index (χ1) is 65.2. The molecule has 0 aliphatic heterocycles. The maximum Gasteiger partial charge on any atom is -0.0348 e. The molecule has 135 heavy (non-hydrogen) atoms. The molecule has 0 saturated carbocycles. The Labute approximate surface area is 867 Å². The molecule has 0 aliphatic carbocycles. The monoisotopic (exact) mass is 1900 g/mol. The van der Waals surface area contributed by atoms with Gasteiger partial charge in [-0.3, -0.25) is 0 Å². The Balaban J connectivity index is -0.000000228. The summed E-state index contributed by atoms with van der Waals surface area (Å²) in [6, 6.07) is 0. The largest absolute Gasteiger partial charge is 0.0885 e. The van der Waals surface area contributed by atoms with Gasteiger partial charge in [-0.15, -0.1) is 0 Å². The average molecular weight is 1910 g/mol. The summed E-state index contributed by atoms with van der Waals surface area (Å²) in [6.07, 6.45) is 128. The summed E-state index contributed by atoms with van der Waals surface area (Å²) in [6.45, 7) is 75.1. The average Bonchev–Trinajstić information content (AvgIpc) is 0.830. The smallest absolute Gasteiger partial charge is 0.0348 e. The Morgan fingerprint density at radius 3 is 0.326 bits per heavy atom. The topological polar surface area (TPSA) is 0 Å². The van der Waals surface area contributed by atoms with Gasteiger partial charge in [0.05, 0.1) is 0 Å². The first-order valence-corrected chi connectivity index (χ1v) is 64.5. The summed E-state index contributed by atoms with van der Waals surface area (Å²) in [5, 5.41) is 0. The fourth-order valence-electron chi connectivity index (χ4n) is 20.4. The van der Waals surface area contributed by atoms with Gasteiger partial charge in [0.25, 0.3) is 0 Å². The zero-order chi connectivity index (χ0) is 103. The van der Waals surface area contributed by atoms with Gasteiger partial charge in [0, 0.05) is 0 Å². The van der Waals surface area contributed by atoms with E-state index in [-0.39, 0.29) is 0 Å². The van der Waals surface area contributed by atoms with Crippen LogP contribution in [0.1, 0.15) is 754 Å². The standard InChI is InChI=1S/C20H42.C19H40.C18H38.C18H34.2C17H36.C14H30.C12H26/c1-5-7-9-11-13-15-17-20(19(3)4)18-16-14-12-10-8-6-2;1-5-7-9-11-13-15-17-19(18(3)4)16-14-12-10-8-6-2;2*1-5-7-9-11-13-15-18(17(3)4)16-14-12-10-8-6-2;2*1-5-7-9-11-13-15-17(16(3)4)14-12-10-8-6-2;1-5-7-9-11-14(13(3)4)12-10-8-6-2;1-5-7-9-12(11(3)4)10-8-6-2/h19-20H,5-18H2,1-4H3;18-19H,5-17H2,1-4H3;17-18H,5-16H2,1-4H3;9-12,17-18H,5-8,13-16H2,1-4H3;2*16-17H,5-15H2,1-4H3;13-14H,5-12H2,1-4H3;11-12H,5-10H2,1-4H3/b;;;11-9+,12-10+;;;;. The van der Waals surface area contributed by atoms with Crippen LogP contribution in [-0.4, -0.2) is 0 Å². The molecule has 3 unspecified atom stereocenters. The van der Waals surface area contributed by atoms with Crippen LogP contribution in [0.15, 0.2) is 24.3 Å². The van der Waals surface area contributed by atoms with Crippen molar-refractivity contribution in [3.05, 3.63) is 24.3 Å². The van der Waals surface area contributed by atoms with Gasteiger partial charge in [-0.25, -0.2) is 0 Å². The first-order valence-electron chi connectivity index (χ1n) is 64.5. The highest BCUT2D eigenvalue weighted by molar-refractivity contribution is 4.85. The van der Waals surface area contributed by atoms with Gasteiger partial charge in [-0.1, -0.05) is 740 Å². The molecule has 0 rings (SSSR count). The molecule has 0 radical (unpaired) electrons. The third kappa shape index (κ3) is 128. The van der Waals surface area contributed by atoms with Crippen molar-refractivity contribution in [2.24, 2.45) is 94.7 Å². The van der Waals surface area contributed by atoms with Crippen molar-refractivity contribution in [1.82, 2.24) is 0 Å². The number of hydrogen-bond donors (Lipinski definition) is 0. The Morgan fingerprint density at radius 1 is 0.0963 bits per heavy atom. The summed E-state index contributed by atoms with van der Waals surface area (Å²) in [4.78, 5) is 0. The van der Waals surface area contributed by atoms with Crippen molar-refractivity contribution in [2.45, 2.75) is 754 Å². The van der Waals surface area contributed by atoms with Crippen LogP contribution in [0.5, 0.6) is 0 Å². The quantitative estimate of drug-likeness (QED) is 0.0421. The Bertz CT molecular complexity index is 1890. The van der Waals surface area contributed by atoms with Crippen molar-refractivity contribution in [1.29, 1.82) is 0 Å². The lowest BCUT2D eigenvalue weighted by molar-refractivity contribution is 0.312. The normalized spacial score (nSPS) is 12.4. The molecule has 0 aliphatic rings. The van der Waals surface area contributed by atoms with Crippen molar-refractivity contribution in [3.8, 4) is 0 Å². The third-order valence-electron chi connectivity index (χ3n) is 31.4. The van der Waals surface area contributed by atoms with E-state index < -0.39 is 0 Å². The molecule has 0 aromatic heterocycles. The molecule has 0 spiro atoms. The van der Waals surface area contributed by atoms with E-state index in [0.29, 0.717) is 0 Å². The second kappa shape index (κ2) is 130. The number of unbranched alkanes of at least 4 members (excludes halogenated alkanes) is 49. The van der Waals surface area contributed by atoms with Gasteiger partial charge >= 0.3 is 0 Å². The lowest BCUT2D eigenvalue weighted by atomic mass is 9.85. The number of allylic oxidation sites excluding steroid dienone is 4. The predicted octanol–water partition coefficient (Wildman–Crippen LogP) is 51.9. The van der Waals surface area contributed by atoms with Crippen molar-refractivity contribution < 1.29 is 0 Å². The SMILES string of the molecule is CCC/C=C/CCC(CC/C=C/CCC)C(C)C.CCCCC(CCCC)C(C)C.CCCCCC(CCCCC)C(C)C.CCCCCCCC(CCCCCC)C(C)C.CCCCCCCC(CCCCCC)C(C)C.CCCCCCCC(CCCCCCC)C(C)C.CCCCCCCCC(CCCCCCC)C(C)C.CCCCCCCCC(CCCCCCCC)C(C)C. The lowest BCUT2D eigenvalue weighted by Crippen LogP contribution is -2.08. The van der Waals surface area contributed by atoms with Crippen molar-refractivity contribution >= 4 is 0 Å². The molecule has 0 saturated heterocycles. The van der Waals surface area contributed by atoms with Crippen LogP contribution in [0.4, 0.5) is 0 Å². The summed E-state index contributed by atoms with van der Waals surface area (Å²) < 4.78 is 0. The van der Waals surface area contributed by atoms with Gasteiger partial charge in [0.1, 0.15) is 0 Å². The van der Waals surface area contributed by atoms with Gasteiger partial charge in [-0.2, -0.15) is 0 Å². The molecule has 3 atom stereocenters. The maximum absolute atomic E-state index is 2.43. The van der Waals surface area contributed by atoms with E-state index in [0.717, 1.165) is 94.7 Å². The Morgan fingerprint density at radius 2 is 0.193 bits per heavy atom. The van der Waals surface area contributed by atoms with Crippen molar-refractivity contribution in [3.63, 3.8) is 0 Å². The molecule has 0 aromatic rings. The minimum Gasteiger partial charge on any atom is -0.0885 e. The van der Waals surface area contributed by atoms with E-state index in [4.69, 9.17) is 0 Å². The van der Waals surface area contributed by atoms with E-state index in [1.807, 2.05) is 0 Å². The minimum absolute atomic E-state index is 0.823. The summed E-state index contributed by atoms with van der Waals surface area (Å²) in [5.74, 6) is 14.9. The fourth-order valence-corrected chi connectivity index (χ4v) is 20.4. The van der Waals surface area contributed by atoms with Crippen LogP contribution in [0.3, 0.4) is 0 Å². The molecule has 0 bridgehead atoms. The molecular weight excluding hydrogens is 1620 g/mol. The fraction of sp³-hybridized carbons (Fsp3) is 0.970. The zero-order valence-electron chi connectivity index (χ0n) is 102. The first kappa shape index (κ1) is 150. The molecule has 0 aromatic carbocycles. The number of rotatable bonds is 93.